The Kier molecular flexibility index (Phi) is 2.22. The smallest absolute Gasteiger partial charge is 0.0745 e. The summed E-state index contributed by atoms with van der Waals surface area (Å²) in [5, 5.41) is 9.09. The Morgan fingerprint density at radius 1 is 1.38 bits per heavy atom. The van der Waals surface area contributed by atoms with E-state index in [0.29, 0.717) is 5.92 Å². The van der Waals surface area contributed by atoms with Crippen LogP contribution in [0.3, 0.4) is 0 Å². The first-order valence-corrected chi connectivity index (χ1v) is 6.00. The molecule has 2 unspecified atom stereocenters. The van der Waals surface area contributed by atoms with Crippen LogP contribution in [0.15, 0.2) is 30.3 Å². The first-order chi connectivity index (χ1) is 7.82. The molecule has 1 saturated carbocycles. The van der Waals surface area contributed by atoms with Gasteiger partial charge in [0.1, 0.15) is 0 Å². The maximum atomic E-state index is 9.09. The van der Waals surface area contributed by atoms with Gasteiger partial charge in [0.2, 0.25) is 0 Å². The lowest BCUT2D eigenvalue weighted by Gasteiger charge is -2.17. The molecule has 1 heterocycles. The van der Waals surface area contributed by atoms with E-state index in [2.05, 4.69) is 41.3 Å². The van der Waals surface area contributed by atoms with Crippen LogP contribution in [0.4, 0.5) is 0 Å². The minimum absolute atomic E-state index is 0.0523. The lowest BCUT2D eigenvalue weighted by molar-refractivity contribution is 0.298. The zero-order valence-corrected chi connectivity index (χ0v) is 9.39. The summed E-state index contributed by atoms with van der Waals surface area (Å²) in [6.45, 7) is 3.24. The first-order valence-electron chi connectivity index (χ1n) is 6.00. The van der Waals surface area contributed by atoms with Crippen LogP contribution in [0.5, 0.6) is 0 Å². The molecule has 1 aliphatic carbocycles. The van der Waals surface area contributed by atoms with Gasteiger partial charge in [-0.3, -0.25) is 0 Å². The third-order valence-electron chi connectivity index (χ3n) is 4.00. The minimum Gasteiger partial charge on any atom is -0.301 e. The second-order valence-corrected chi connectivity index (χ2v) is 5.14. The fourth-order valence-electron chi connectivity index (χ4n) is 2.86. The lowest BCUT2D eigenvalue weighted by atomic mass is 10.1. The van der Waals surface area contributed by atoms with Crippen molar-refractivity contribution in [2.45, 2.75) is 12.8 Å². The molecule has 0 radical (unpaired) electrons. The van der Waals surface area contributed by atoms with E-state index in [9.17, 15) is 0 Å². The molecular weight excluding hydrogens is 196 g/mol. The first kappa shape index (κ1) is 9.86. The number of hydrogen-bond donors (Lipinski definition) is 0. The Labute approximate surface area is 96.5 Å². The Morgan fingerprint density at radius 3 is 2.88 bits per heavy atom. The van der Waals surface area contributed by atoms with E-state index in [-0.39, 0.29) is 5.41 Å². The van der Waals surface area contributed by atoms with Gasteiger partial charge in [0.25, 0.3) is 0 Å². The molecule has 0 amide bonds. The molecule has 2 heteroatoms. The molecule has 1 saturated heterocycles. The van der Waals surface area contributed by atoms with Gasteiger partial charge >= 0.3 is 0 Å². The van der Waals surface area contributed by atoms with Crippen molar-refractivity contribution in [3.63, 3.8) is 0 Å². The number of piperidine rings is 1. The van der Waals surface area contributed by atoms with Crippen molar-refractivity contribution >= 4 is 0 Å². The summed E-state index contributed by atoms with van der Waals surface area (Å²) in [7, 11) is 0. The largest absolute Gasteiger partial charge is 0.301 e. The Hall–Kier alpha value is -1.33. The molecular formula is C14H16N2. The van der Waals surface area contributed by atoms with Crippen molar-refractivity contribution in [3.8, 4) is 6.07 Å². The van der Waals surface area contributed by atoms with Gasteiger partial charge in [0.05, 0.1) is 11.5 Å². The van der Waals surface area contributed by atoms with Gasteiger partial charge in [-0.25, -0.2) is 0 Å². The van der Waals surface area contributed by atoms with Crippen molar-refractivity contribution in [2.75, 3.05) is 19.6 Å². The van der Waals surface area contributed by atoms with Crippen LogP contribution < -0.4 is 0 Å². The van der Waals surface area contributed by atoms with Crippen molar-refractivity contribution < 1.29 is 0 Å². The number of fused-ring (bicyclic) bond motifs is 1. The molecule has 82 valence electrons. The van der Waals surface area contributed by atoms with E-state index >= 15 is 0 Å². The van der Waals surface area contributed by atoms with Gasteiger partial charge < -0.3 is 4.90 Å². The van der Waals surface area contributed by atoms with Crippen LogP contribution in [0.2, 0.25) is 0 Å². The summed E-state index contributed by atoms with van der Waals surface area (Å²) < 4.78 is 0. The van der Waals surface area contributed by atoms with Crippen molar-refractivity contribution in [3.05, 3.63) is 35.9 Å². The fraction of sp³-hybridized carbons (Fsp3) is 0.500. The van der Waals surface area contributed by atoms with Crippen LogP contribution in [-0.4, -0.2) is 24.5 Å². The number of likely N-dealkylation sites (tertiary alicyclic amines) is 1. The molecule has 2 atom stereocenters. The number of rotatable bonds is 3. The van der Waals surface area contributed by atoms with Crippen LogP contribution in [0.1, 0.15) is 12.0 Å². The van der Waals surface area contributed by atoms with E-state index in [1.807, 2.05) is 0 Å². The van der Waals surface area contributed by atoms with Crippen molar-refractivity contribution in [1.82, 2.24) is 4.90 Å². The van der Waals surface area contributed by atoms with Gasteiger partial charge in [0, 0.05) is 19.6 Å². The Morgan fingerprint density at radius 2 is 2.19 bits per heavy atom. The molecule has 1 aromatic rings. The predicted molar refractivity (Wildman–Crippen MR) is 62.7 cm³/mol. The van der Waals surface area contributed by atoms with E-state index in [1.54, 1.807) is 0 Å². The standard InChI is InChI=1S/C14H16N2/c15-10-14-8-13(14)9-16(11-14)7-6-12-4-2-1-3-5-12/h1-5,13H,6-9,11H2. The highest BCUT2D eigenvalue weighted by atomic mass is 15.2. The topological polar surface area (TPSA) is 27.0 Å². The maximum Gasteiger partial charge on any atom is 0.0745 e. The molecule has 0 bridgehead atoms. The number of nitriles is 1. The van der Waals surface area contributed by atoms with E-state index in [1.165, 1.54) is 5.56 Å². The van der Waals surface area contributed by atoms with E-state index in [4.69, 9.17) is 5.26 Å². The van der Waals surface area contributed by atoms with Gasteiger partial charge in [-0.15, -0.1) is 0 Å². The molecule has 0 aromatic heterocycles. The van der Waals surface area contributed by atoms with Gasteiger partial charge in [-0.05, 0) is 24.3 Å². The predicted octanol–water partition coefficient (Wildman–Crippen LogP) is 2.07. The second-order valence-electron chi connectivity index (χ2n) is 5.14. The quantitative estimate of drug-likeness (QED) is 0.767. The molecule has 16 heavy (non-hydrogen) atoms. The molecule has 3 rings (SSSR count). The maximum absolute atomic E-state index is 9.09. The third kappa shape index (κ3) is 1.62. The van der Waals surface area contributed by atoms with Gasteiger partial charge in [0.15, 0.2) is 0 Å². The van der Waals surface area contributed by atoms with Gasteiger partial charge in [-0.2, -0.15) is 5.26 Å². The number of hydrogen-bond acceptors (Lipinski definition) is 2. The zero-order valence-electron chi connectivity index (χ0n) is 9.39. The van der Waals surface area contributed by atoms with Crippen LogP contribution >= 0.6 is 0 Å². The molecule has 2 fully saturated rings. The van der Waals surface area contributed by atoms with Crippen LogP contribution in [0, 0.1) is 22.7 Å². The average Bonchev–Trinajstić information content (AvgIpc) is 2.91. The SMILES string of the molecule is N#CC12CC1CN(CCc1ccccc1)C2. The minimum atomic E-state index is 0.0523. The summed E-state index contributed by atoms with van der Waals surface area (Å²) in [5.41, 5.74) is 1.45. The molecule has 1 aromatic carbocycles. The van der Waals surface area contributed by atoms with Crippen molar-refractivity contribution in [2.24, 2.45) is 11.3 Å². The molecule has 0 spiro atoms. The Balaban J connectivity index is 1.53. The average molecular weight is 212 g/mol. The number of benzene rings is 1. The highest BCUT2D eigenvalue weighted by molar-refractivity contribution is 5.22. The summed E-state index contributed by atoms with van der Waals surface area (Å²) >= 11 is 0. The van der Waals surface area contributed by atoms with E-state index < -0.39 is 0 Å². The monoisotopic (exact) mass is 212 g/mol. The summed E-state index contributed by atoms with van der Waals surface area (Å²) in [6, 6.07) is 13.1. The number of nitrogens with zero attached hydrogens (tertiary/aromatic N) is 2. The van der Waals surface area contributed by atoms with Gasteiger partial charge in [-0.1, -0.05) is 30.3 Å². The lowest BCUT2D eigenvalue weighted by Crippen LogP contribution is -2.27. The normalized spacial score (nSPS) is 32.1. The highest BCUT2D eigenvalue weighted by Gasteiger charge is 2.60. The second kappa shape index (κ2) is 3.61. The van der Waals surface area contributed by atoms with Crippen LogP contribution in [0.25, 0.3) is 0 Å². The summed E-state index contributed by atoms with van der Waals surface area (Å²) in [5.74, 6) is 0.674. The fourth-order valence-corrected chi connectivity index (χ4v) is 2.86. The molecule has 1 aliphatic heterocycles. The highest BCUT2D eigenvalue weighted by Crippen LogP contribution is 2.57. The zero-order chi connectivity index (χ0) is 11.0. The van der Waals surface area contributed by atoms with E-state index in [0.717, 1.165) is 32.5 Å². The molecule has 2 nitrogen and oxygen atoms in total. The van der Waals surface area contributed by atoms with Crippen molar-refractivity contribution in [1.29, 1.82) is 5.26 Å². The summed E-state index contributed by atoms with van der Waals surface area (Å²) in [6.07, 6.45) is 2.25. The Bertz CT molecular complexity index is 420. The summed E-state index contributed by atoms with van der Waals surface area (Å²) in [4.78, 5) is 2.45. The third-order valence-corrected chi connectivity index (χ3v) is 4.00. The molecule has 0 N–H and O–H groups in total. The van der Waals surface area contributed by atoms with Crippen LogP contribution in [-0.2, 0) is 6.42 Å². The molecule has 2 aliphatic rings.